The monoisotopic (exact) mass is 341 g/mol. The molecular formula is C13H19BrF3NO. The van der Waals surface area contributed by atoms with Crippen molar-refractivity contribution in [3.05, 3.63) is 0 Å². The van der Waals surface area contributed by atoms with E-state index in [4.69, 9.17) is 0 Å². The van der Waals surface area contributed by atoms with E-state index in [-0.39, 0.29) is 24.7 Å². The number of halogens is 4. The molecule has 2 nitrogen and oxygen atoms in total. The van der Waals surface area contributed by atoms with Crippen LogP contribution in [0.3, 0.4) is 0 Å². The molecule has 2 fully saturated rings. The zero-order chi connectivity index (χ0) is 14.0. The van der Waals surface area contributed by atoms with Gasteiger partial charge in [0.15, 0.2) is 0 Å². The zero-order valence-corrected chi connectivity index (χ0v) is 12.3. The number of rotatable bonds is 4. The second-order valence-corrected chi connectivity index (χ2v) is 6.33. The van der Waals surface area contributed by atoms with Crippen LogP contribution in [0.1, 0.15) is 38.5 Å². The molecule has 2 aliphatic carbocycles. The molecule has 0 bridgehead atoms. The summed E-state index contributed by atoms with van der Waals surface area (Å²) in [6, 6.07) is 0.338. The fourth-order valence-electron chi connectivity index (χ4n) is 2.85. The maximum Gasteiger partial charge on any atom is 0.391 e. The first kappa shape index (κ1) is 15.1. The van der Waals surface area contributed by atoms with Gasteiger partial charge in [-0.15, -0.1) is 0 Å². The molecule has 1 amide bonds. The minimum atomic E-state index is -4.10. The fourth-order valence-corrected chi connectivity index (χ4v) is 3.23. The Hall–Kier alpha value is -0.260. The summed E-state index contributed by atoms with van der Waals surface area (Å²) in [4.78, 5) is 14.2. The van der Waals surface area contributed by atoms with Crippen LogP contribution >= 0.6 is 15.9 Å². The Labute approximate surface area is 119 Å². The Morgan fingerprint density at radius 1 is 1.11 bits per heavy atom. The molecule has 0 saturated heterocycles. The van der Waals surface area contributed by atoms with Gasteiger partial charge in [0.25, 0.3) is 0 Å². The van der Waals surface area contributed by atoms with Crippen LogP contribution in [0.4, 0.5) is 13.2 Å². The molecule has 0 aromatic carbocycles. The van der Waals surface area contributed by atoms with Crippen molar-refractivity contribution >= 4 is 21.8 Å². The lowest BCUT2D eigenvalue weighted by molar-refractivity contribution is -0.185. The van der Waals surface area contributed by atoms with E-state index < -0.39 is 12.1 Å². The van der Waals surface area contributed by atoms with E-state index in [1.54, 1.807) is 0 Å². The SMILES string of the molecule is O=C(C1CCC(C(F)(F)F)CC1)N(CCBr)C1CC1. The molecule has 0 aliphatic heterocycles. The Kier molecular flexibility index (Phi) is 4.79. The molecule has 0 N–H and O–H groups in total. The molecular weight excluding hydrogens is 323 g/mol. The van der Waals surface area contributed by atoms with Crippen LogP contribution in [0.25, 0.3) is 0 Å². The summed E-state index contributed by atoms with van der Waals surface area (Å²) in [6.45, 7) is 0.669. The summed E-state index contributed by atoms with van der Waals surface area (Å²) >= 11 is 3.33. The number of hydrogen-bond donors (Lipinski definition) is 0. The molecule has 2 saturated carbocycles. The van der Waals surface area contributed by atoms with Crippen molar-refractivity contribution in [1.82, 2.24) is 4.90 Å². The zero-order valence-electron chi connectivity index (χ0n) is 10.8. The van der Waals surface area contributed by atoms with Crippen molar-refractivity contribution in [3.63, 3.8) is 0 Å². The summed E-state index contributed by atoms with van der Waals surface area (Å²) < 4.78 is 37.8. The predicted octanol–water partition coefficient (Wildman–Crippen LogP) is 3.74. The summed E-state index contributed by atoms with van der Waals surface area (Å²) in [5.41, 5.74) is 0. The normalized spacial score (nSPS) is 28.2. The van der Waals surface area contributed by atoms with Gasteiger partial charge in [-0.05, 0) is 38.5 Å². The van der Waals surface area contributed by atoms with Gasteiger partial charge >= 0.3 is 6.18 Å². The molecule has 0 atom stereocenters. The van der Waals surface area contributed by atoms with Gasteiger partial charge in [-0.25, -0.2) is 0 Å². The van der Waals surface area contributed by atoms with E-state index >= 15 is 0 Å². The van der Waals surface area contributed by atoms with E-state index in [0.717, 1.165) is 18.2 Å². The average molecular weight is 342 g/mol. The molecule has 110 valence electrons. The topological polar surface area (TPSA) is 20.3 Å². The molecule has 2 aliphatic rings. The van der Waals surface area contributed by atoms with Crippen molar-refractivity contribution < 1.29 is 18.0 Å². The molecule has 6 heteroatoms. The highest BCUT2D eigenvalue weighted by Gasteiger charge is 2.44. The van der Waals surface area contributed by atoms with Crippen molar-refractivity contribution in [2.45, 2.75) is 50.7 Å². The highest BCUT2D eigenvalue weighted by atomic mass is 79.9. The fraction of sp³-hybridized carbons (Fsp3) is 0.923. The van der Waals surface area contributed by atoms with E-state index in [0.29, 0.717) is 25.4 Å². The van der Waals surface area contributed by atoms with Gasteiger partial charge in [-0.3, -0.25) is 4.79 Å². The van der Waals surface area contributed by atoms with Crippen LogP contribution in [0.2, 0.25) is 0 Å². The van der Waals surface area contributed by atoms with Crippen molar-refractivity contribution in [3.8, 4) is 0 Å². The third kappa shape index (κ3) is 3.86. The van der Waals surface area contributed by atoms with Crippen LogP contribution in [0.5, 0.6) is 0 Å². The van der Waals surface area contributed by atoms with E-state index in [9.17, 15) is 18.0 Å². The van der Waals surface area contributed by atoms with Crippen molar-refractivity contribution in [1.29, 1.82) is 0 Å². The molecule has 0 heterocycles. The lowest BCUT2D eigenvalue weighted by atomic mass is 9.81. The van der Waals surface area contributed by atoms with Crippen molar-refractivity contribution in [2.75, 3.05) is 11.9 Å². The van der Waals surface area contributed by atoms with Gasteiger partial charge < -0.3 is 4.90 Å². The highest BCUT2D eigenvalue weighted by molar-refractivity contribution is 9.09. The number of alkyl halides is 4. The number of hydrogen-bond acceptors (Lipinski definition) is 1. The Morgan fingerprint density at radius 3 is 2.11 bits per heavy atom. The first-order chi connectivity index (χ1) is 8.93. The van der Waals surface area contributed by atoms with E-state index in [2.05, 4.69) is 15.9 Å². The van der Waals surface area contributed by atoms with Crippen LogP contribution in [0.15, 0.2) is 0 Å². The molecule has 0 spiro atoms. The van der Waals surface area contributed by atoms with Gasteiger partial charge in [-0.2, -0.15) is 13.2 Å². The quantitative estimate of drug-likeness (QED) is 0.713. The lowest BCUT2D eigenvalue weighted by Gasteiger charge is -2.32. The van der Waals surface area contributed by atoms with Crippen LogP contribution in [0, 0.1) is 11.8 Å². The van der Waals surface area contributed by atoms with Gasteiger partial charge in [-0.1, -0.05) is 15.9 Å². The summed E-state index contributed by atoms with van der Waals surface area (Å²) in [5, 5.41) is 0.729. The number of carbonyl (C=O) groups excluding carboxylic acids is 1. The largest absolute Gasteiger partial charge is 0.391 e. The summed E-state index contributed by atoms with van der Waals surface area (Å²) in [6.07, 6.45) is -1.05. The Morgan fingerprint density at radius 2 is 1.68 bits per heavy atom. The predicted molar refractivity (Wildman–Crippen MR) is 70.0 cm³/mol. The van der Waals surface area contributed by atoms with Crippen molar-refractivity contribution in [2.24, 2.45) is 11.8 Å². The molecule has 19 heavy (non-hydrogen) atoms. The molecule has 0 aromatic rings. The standard InChI is InChI=1S/C13H19BrF3NO/c14-7-8-18(11-5-6-11)12(19)9-1-3-10(4-2-9)13(15,16)17/h9-11H,1-8H2. The van der Waals surface area contributed by atoms with E-state index in [1.807, 2.05) is 4.90 Å². The minimum absolute atomic E-state index is 0.0718. The Bertz CT molecular complexity index is 322. The van der Waals surface area contributed by atoms with Crippen LogP contribution < -0.4 is 0 Å². The molecule has 2 rings (SSSR count). The second kappa shape index (κ2) is 6.02. The third-order valence-corrected chi connectivity index (χ3v) is 4.49. The molecule has 0 aromatic heterocycles. The second-order valence-electron chi connectivity index (χ2n) is 5.54. The van der Waals surface area contributed by atoms with Gasteiger partial charge in [0, 0.05) is 23.8 Å². The van der Waals surface area contributed by atoms with Gasteiger partial charge in [0.05, 0.1) is 5.92 Å². The smallest absolute Gasteiger partial charge is 0.339 e. The average Bonchev–Trinajstić information content (AvgIpc) is 3.18. The van der Waals surface area contributed by atoms with Crippen LogP contribution in [-0.2, 0) is 4.79 Å². The minimum Gasteiger partial charge on any atom is -0.339 e. The number of nitrogens with zero attached hydrogens (tertiary/aromatic N) is 1. The summed E-state index contributed by atoms with van der Waals surface area (Å²) in [7, 11) is 0. The number of amides is 1. The molecule has 0 unspecified atom stereocenters. The van der Waals surface area contributed by atoms with Crippen LogP contribution in [-0.4, -0.2) is 34.9 Å². The maximum absolute atomic E-state index is 12.6. The maximum atomic E-state index is 12.6. The third-order valence-electron chi connectivity index (χ3n) is 4.14. The lowest BCUT2D eigenvalue weighted by Crippen LogP contribution is -2.41. The van der Waals surface area contributed by atoms with Gasteiger partial charge in [0.2, 0.25) is 5.91 Å². The summed E-state index contributed by atoms with van der Waals surface area (Å²) in [5.74, 6) is -1.33. The number of carbonyl (C=O) groups is 1. The van der Waals surface area contributed by atoms with E-state index in [1.165, 1.54) is 0 Å². The first-order valence-corrected chi connectivity index (χ1v) is 7.98. The highest BCUT2D eigenvalue weighted by Crippen LogP contribution is 2.40. The van der Waals surface area contributed by atoms with Gasteiger partial charge in [0.1, 0.15) is 0 Å². The Balaban J connectivity index is 1.87. The first-order valence-electron chi connectivity index (χ1n) is 6.86. The molecule has 0 radical (unpaired) electrons.